The molecule has 2 amide bonds. The summed E-state index contributed by atoms with van der Waals surface area (Å²) in [4.78, 5) is 47.0. The van der Waals surface area contributed by atoms with Gasteiger partial charge in [0.15, 0.2) is 0 Å². The van der Waals surface area contributed by atoms with E-state index in [0.717, 1.165) is 0 Å². The average Bonchev–Trinajstić information content (AvgIpc) is 2.91. The summed E-state index contributed by atoms with van der Waals surface area (Å²) in [6.07, 6.45) is -6.11. The highest BCUT2D eigenvalue weighted by Crippen LogP contribution is 2.34. The molecule has 9 N–H and O–H groups in total. The summed E-state index contributed by atoms with van der Waals surface area (Å²) in [6, 6.07) is 4.47. The second-order valence-corrected chi connectivity index (χ2v) is 9.78. The molecule has 1 aromatic carbocycles. The van der Waals surface area contributed by atoms with Crippen LogP contribution in [-0.4, -0.2) is 116 Å². The van der Waals surface area contributed by atoms with Crippen LogP contribution in [0.5, 0.6) is 5.75 Å². The number of phenolic OH excluding ortho intramolecular Hbond substituents is 1. The fraction of sp³-hybridized carbons (Fsp3) is 0.615. The maximum absolute atomic E-state index is 12.3. The summed E-state index contributed by atoms with van der Waals surface area (Å²) < 4.78 is 11.1. The fourth-order valence-corrected chi connectivity index (χ4v) is 4.39. The quantitative estimate of drug-likeness (QED) is 0.0918. The number of aromatic hydroxyl groups is 1. The number of unbranched alkanes of at least 4 members (excludes halogenated alkanes) is 3. The first-order chi connectivity index (χ1) is 19.4. The van der Waals surface area contributed by atoms with E-state index in [2.05, 4.69) is 10.6 Å². The van der Waals surface area contributed by atoms with Gasteiger partial charge in [0.1, 0.15) is 24.6 Å². The molecule has 41 heavy (non-hydrogen) atoms. The number of aliphatic carboxylic acids is 2. The van der Waals surface area contributed by atoms with E-state index < -0.39 is 79.6 Å². The summed E-state index contributed by atoms with van der Waals surface area (Å²) in [5.74, 6) is -6.61. The molecule has 1 aliphatic rings. The van der Waals surface area contributed by atoms with Crippen LogP contribution in [0.3, 0.4) is 0 Å². The van der Waals surface area contributed by atoms with Crippen molar-refractivity contribution < 1.29 is 64.4 Å². The van der Waals surface area contributed by atoms with Crippen LogP contribution in [-0.2, 0) is 35.1 Å². The van der Waals surface area contributed by atoms with E-state index in [1.54, 1.807) is 12.1 Å². The summed E-state index contributed by atoms with van der Waals surface area (Å²) in [7, 11) is 0. The molecule has 230 valence electrons. The van der Waals surface area contributed by atoms with Crippen LogP contribution >= 0.6 is 0 Å². The second kappa shape index (κ2) is 16.2. The average molecular weight is 587 g/mol. The molecule has 0 spiro atoms. The lowest BCUT2D eigenvalue weighted by atomic mass is 9.88. The van der Waals surface area contributed by atoms with Crippen LogP contribution in [0.2, 0.25) is 0 Å². The van der Waals surface area contributed by atoms with E-state index in [9.17, 15) is 44.7 Å². The van der Waals surface area contributed by atoms with Gasteiger partial charge in [0.25, 0.3) is 5.79 Å². The lowest BCUT2D eigenvalue weighted by molar-refractivity contribution is -0.310. The first-order valence-corrected chi connectivity index (χ1v) is 13.1. The Kier molecular flexibility index (Phi) is 13.4. The molecule has 0 unspecified atom stereocenters. The van der Waals surface area contributed by atoms with Gasteiger partial charge in [0, 0.05) is 19.4 Å². The van der Waals surface area contributed by atoms with Gasteiger partial charge in [-0.25, -0.2) is 4.79 Å². The first kappa shape index (κ1) is 33.9. The third-order valence-electron chi connectivity index (χ3n) is 6.50. The van der Waals surface area contributed by atoms with Crippen molar-refractivity contribution in [3.63, 3.8) is 0 Å². The molecule has 1 aliphatic heterocycles. The standard InChI is InChI=1S/C26H38N2O13/c29-14-20(34)28-22-17(31)12-26(25(38)39,40-9-4-2-1-3-8-21(35)36)41-24(22)23(37)18(32)13-27-19(33)11-15-6-5-7-16(30)10-15/h5-7,10,17-18,22-24,29-32,37H,1-4,8-9,11-14H2,(H,27,33)(H,28,34)(H,35,36)(H,38,39)/t17-,18+,22+,23+,24+,26+/m0/s1. The maximum atomic E-state index is 12.3. The van der Waals surface area contributed by atoms with Crippen molar-refractivity contribution in [3.8, 4) is 5.75 Å². The van der Waals surface area contributed by atoms with Gasteiger partial charge in [-0.05, 0) is 30.5 Å². The lowest BCUT2D eigenvalue weighted by Gasteiger charge is -2.46. The molecule has 6 atom stereocenters. The van der Waals surface area contributed by atoms with E-state index in [1.807, 2.05) is 0 Å². The number of benzene rings is 1. The molecule has 0 bridgehead atoms. The first-order valence-electron chi connectivity index (χ1n) is 13.1. The molecular weight excluding hydrogens is 548 g/mol. The van der Waals surface area contributed by atoms with E-state index in [1.165, 1.54) is 12.1 Å². The molecule has 0 saturated carbocycles. The molecule has 1 fully saturated rings. The van der Waals surface area contributed by atoms with Gasteiger partial charge in [-0.3, -0.25) is 14.4 Å². The number of carbonyl (C=O) groups is 4. The van der Waals surface area contributed by atoms with Gasteiger partial charge in [-0.2, -0.15) is 0 Å². The predicted molar refractivity (Wildman–Crippen MR) is 138 cm³/mol. The minimum absolute atomic E-state index is 0.00559. The number of carboxylic acids is 2. The van der Waals surface area contributed by atoms with E-state index >= 15 is 0 Å². The van der Waals surface area contributed by atoms with E-state index in [4.69, 9.17) is 19.7 Å². The van der Waals surface area contributed by atoms with Crippen molar-refractivity contribution in [1.29, 1.82) is 0 Å². The Labute approximate surface area is 235 Å². The number of aliphatic hydroxyl groups is 4. The monoisotopic (exact) mass is 586 g/mol. The number of rotatable bonds is 17. The van der Waals surface area contributed by atoms with Gasteiger partial charge >= 0.3 is 11.9 Å². The number of amides is 2. The maximum Gasteiger partial charge on any atom is 0.364 e. The second-order valence-electron chi connectivity index (χ2n) is 9.78. The Morgan fingerprint density at radius 3 is 2.41 bits per heavy atom. The van der Waals surface area contributed by atoms with Crippen molar-refractivity contribution in [2.75, 3.05) is 19.8 Å². The number of phenols is 1. The Morgan fingerprint density at radius 1 is 1.07 bits per heavy atom. The van der Waals surface area contributed by atoms with Gasteiger partial charge in [0.2, 0.25) is 11.8 Å². The number of hydrogen-bond acceptors (Lipinski definition) is 11. The predicted octanol–water partition coefficient (Wildman–Crippen LogP) is -1.77. The SMILES string of the molecule is O=C(O)CCCCCCO[C@]1(C(=O)O)C[C@H](O)[C@@H](NC(=O)CO)[C@H]([C@H](O)[C@H](O)CNC(=O)Cc2cccc(O)c2)O1. The third-order valence-corrected chi connectivity index (χ3v) is 6.50. The summed E-state index contributed by atoms with van der Waals surface area (Å²) in [5, 5.41) is 74.2. The van der Waals surface area contributed by atoms with Crippen molar-refractivity contribution in [2.24, 2.45) is 0 Å². The zero-order chi connectivity index (χ0) is 30.6. The number of hydrogen-bond donors (Lipinski definition) is 9. The zero-order valence-corrected chi connectivity index (χ0v) is 22.3. The fourth-order valence-electron chi connectivity index (χ4n) is 4.39. The largest absolute Gasteiger partial charge is 0.508 e. The lowest BCUT2D eigenvalue weighted by Crippen LogP contribution is -2.68. The van der Waals surface area contributed by atoms with Crippen LogP contribution in [0.25, 0.3) is 0 Å². The third kappa shape index (κ3) is 10.5. The smallest absolute Gasteiger partial charge is 0.364 e. The molecule has 1 aromatic rings. The van der Waals surface area contributed by atoms with Crippen LogP contribution in [0, 0.1) is 0 Å². The molecule has 0 aliphatic carbocycles. The Balaban J connectivity index is 2.09. The molecule has 15 nitrogen and oxygen atoms in total. The minimum atomic E-state index is -2.47. The summed E-state index contributed by atoms with van der Waals surface area (Å²) in [5.41, 5.74) is 0.480. The van der Waals surface area contributed by atoms with Crippen molar-refractivity contribution >= 4 is 23.8 Å². The number of carbonyl (C=O) groups excluding carboxylic acids is 2. The number of aliphatic hydroxyl groups excluding tert-OH is 4. The summed E-state index contributed by atoms with van der Waals surface area (Å²) in [6.45, 7) is -1.66. The van der Waals surface area contributed by atoms with Crippen LogP contribution in [0.1, 0.15) is 44.1 Å². The van der Waals surface area contributed by atoms with Gasteiger partial charge < -0.3 is 55.9 Å². The molecule has 15 heteroatoms. The molecular formula is C26H38N2O13. The van der Waals surface area contributed by atoms with Crippen molar-refractivity contribution in [2.45, 2.75) is 81.2 Å². The Hall–Kier alpha value is -3.34. The van der Waals surface area contributed by atoms with Gasteiger partial charge in [-0.1, -0.05) is 25.0 Å². The van der Waals surface area contributed by atoms with Gasteiger partial charge in [-0.15, -0.1) is 0 Å². The molecule has 1 saturated heterocycles. The molecule has 0 radical (unpaired) electrons. The highest BCUT2D eigenvalue weighted by molar-refractivity contribution is 5.79. The van der Waals surface area contributed by atoms with Gasteiger partial charge in [0.05, 0.1) is 31.3 Å². The number of nitrogens with one attached hydrogen (secondary N) is 2. The topological polar surface area (TPSA) is 252 Å². The Morgan fingerprint density at radius 2 is 1.78 bits per heavy atom. The summed E-state index contributed by atoms with van der Waals surface area (Å²) >= 11 is 0. The highest BCUT2D eigenvalue weighted by Gasteiger charge is 2.55. The van der Waals surface area contributed by atoms with Crippen molar-refractivity contribution in [3.05, 3.63) is 29.8 Å². The van der Waals surface area contributed by atoms with Crippen LogP contribution in [0.15, 0.2) is 24.3 Å². The van der Waals surface area contributed by atoms with Crippen molar-refractivity contribution in [1.82, 2.24) is 10.6 Å². The zero-order valence-electron chi connectivity index (χ0n) is 22.3. The molecule has 1 heterocycles. The normalized spacial score (nSPS) is 23.8. The van der Waals surface area contributed by atoms with Crippen LogP contribution in [0.4, 0.5) is 0 Å². The highest BCUT2D eigenvalue weighted by atomic mass is 16.7. The Bertz CT molecular complexity index is 1040. The van der Waals surface area contributed by atoms with E-state index in [0.29, 0.717) is 31.2 Å². The molecule has 2 rings (SSSR count). The number of ether oxygens (including phenoxy) is 2. The number of carboxylic acid groups (broad SMARTS) is 2. The minimum Gasteiger partial charge on any atom is -0.508 e. The van der Waals surface area contributed by atoms with Crippen LogP contribution < -0.4 is 10.6 Å². The van der Waals surface area contributed by atoms with E-state index in [-0.39, 0.29) is 25.2 Å². The molecule has 0 aromatic heterocycles.